The van der Waals surface area contributed by atoms with Crippen LogP contribution in [0.1, 0.15) is 43.8 Å². The molecule has 2 N–H and O–H groups in total. The highest BCUT2D eigenvalue weighted by molar-refractivity contribution is 5.48. The zero-order valence-corrected chi connectivity index (χ0v) is 13.4. The van der Waals surface area contributed by atoms with Gasteiger partial charge in [0.25, 0.3) is 0 Å². The summed E-state index contributed by atoms with van der Waals surface area (Å²) >= 11 is 0. The van der Waals surface area contributed by atoms with E-state index in [1.54, 1.807) is 0 Å². The molecule has 0 radical (unpaired) electrons. The fourth-order valence-corrected chi connectivity index (χ4v) is 1.99. The van der Waals surface area contributed by atoms with Crippen LogP contribution in [0.2, 0.25) is 0 Å². The van der Waals surface area contributed by atoms with Gasteiger partial charge in [-0.2, -0.15) is 5.10 Å². The van der Waals surface area contributed by atoms with Crippen LogP contribution in [0.25, 0.3) is 0 Å². The van der Waals surface area contributed by atoms with Crippen LogP contribution < -0.4 is 10.6 Å². The second-order valence-electron chi connectivity index (χ2n) is 5.41. The lowest BCUT2D eigenvalue weighted by Crippen LogP contribution is -2.09. The molecule has 0 aromatic carbocycles. The molecular formula is C15H24N6. The van der Waals surface area contributed by atoms with Crippen LogP contribution >= 0.6 is 0 Å². The molecule has 0 atom stereocenters. The minimum Gasteiger partial charge on any atom is -0.370 e. The van der Waals surface area contributed by atoms with Gasteiger partial charge in [0.15, 0.2) is 0 Å². The number of nitrogens with zero attached hydrogens (tertiary/aromatic N) is 4. The maximum atomic E-state index is 4.58. The number of hydrogen-bond acceptors (Lipinski definition) is 5. The van der Waals surface area contributed by atoms with Gasteiger partial charge in [-0.1, -0.05) is 13.8 Å². The van der Waals surface area contributed by atoms with Crippen LogP contribution in [0.3, 0.4) is 0 Å². The van der Waals surface area contributed by atoms with Gasteiger partial charge in [-0.05, 0) is 13.8 Å². The third kappa shape index (κ3) is 3.71. The lowest BCUT2D eigenvalue weighted by molar-refractivity contribution is 0.738. The molecule has 0 aliphatic carbocycles. The summed E-state index contributed by atoms with van der Waals surface area (Å²) < 4.78 is 1.88. The van der Waals surface area contributed by atoms with E-state index in [1.807, 2.05) is 24.0 Å². The van der Waals surface area contributed by atoms with Crippen molar-refractivity contribution in [3.05, 3.63) is 29.3 Å². The van der Waals surface area contributed by atoms with Gasteiger partial charge in [0.2, 0.25) is 0 Å². The molecule has 6 nitrogen and oxygen atoms in total. The van der Waals surface area contributed by atoms with E-state index < -0.39 is 0 Å². The minimum absolute atomic E-state index is 0.296. The van der Waals surface area contributed by atoms with Crippen molar-refractivity contribution in [3.8, 4) is 0 Å². The van der Waals surface area contributed by atoms with E-state index in [-0.39, 0.29) is 0 Å². The molecule has 0 bridgehead atoms. The molecular weight excluding hydrogens is 264 g/mol. The highest BCUT2D eigenvalue weighted by Crippen LogP contribution is 2.18. The van der Waals surface area contributed by atoms with Gasteiger partial charge >= 0.3 is 0 Å². The van der Waals surface area contributed by atoms with Crippen molar-refractivity contribution in [1.29, 1.82) is 0 Å². The molecule has 0 unspecified atom stereocenters. The minimum atomic E-state index is 0.296. The van der Waals surface area contributed by atoms with E-state index in [4.69, 9.17) is 0 Å². The highest BCUT2D eigenvalue weighted by atomic mass is 15.3. The van der Waals surface area contributed by atoms with Gasteiger partial charge in [-0.3, -0.25) is 4.68 Å². The molecule has 0 fully saturated rings. The Labute approximate surface area is 126 Å². The van der Waals surface area contributed by atoms with E-state index in [1.165, 1.54) is 5.56 Å². The second kappa shape index (κ2) is 6.56. The van der Waals surface area contributed by atoms with Crippen LogP contribution in [-0.2, 0) is 13.6 Å². The summed E-state index contributed by atoms with van der Waals surface area (Å²) in [5.41, 5.74) is 2.33. The summed E-state index contributed by atoms with van der Waals surface area (Å²) in [6, 6.07) is 1.95. The van der Waals surface area contributed by atoms with Crippen LogP contribution in [-0.4, -0.2) is 26.3 Å². The summed E-state index contributed by atoms with van der Waals surface area (Å²) in [4.78, 5) is 9.10. The molecule has 0 aliphatic rings. The average Bonchev–Trinajstić information content (AvgIpc) is 2.77. The van der Waals surface area contributed by atoms with E-state index in [2.05, 4.69) is 53.4 Å². The summed E-state index contributed by atoms with van der Waals surface area (Å²) in [5, 5.41) is 10.9. The topological polar surface area (TPSA) is 67.7 Å². The number of aromatic nitrogens is 4. The quantitative estimate of drug-likeness (QED) is 0.855. The van der Waals surface area contributed by atoms with Crippen molar-refractivity contribution in [2.45, 2.75) is 40.2 Å². The second-order valence-corrected chi connectivity index (χ2v) is 5.41. The monoisotopic (exact) mass is 288 g/mol. The zero-order valence-electron chi connectivity index (χ0n) is 13.4. The first kappa shape index (κ1) is 15.3. The van der Waals surface area contributed by atoms with Gasteiger partial charge < -0.3 is 10.6 Å². The first-order chi connectivity index (χ1) is 10.0. The van der Waals surface area contributed by atoms with Gasteiger partial charge in [-0.25, -0.2) is 9.97 Å². The molecule has 2 rings (SSSR count). The van der Waals surface area contributed by atoms with Gasteiger partial charge in [0.05, 0.1) is 6.20 Å². The highest BCUT2D eigenvalue weighted by Gasteiger charge is 2.09. The number of nitrogens with one attached hydrogen (secondary N) is 2. The summed E-state index contributed by atoms with van der Waals surface area (Å²) in [7, 11) is 1.95. The summed E-state index contributed by atoms with van der Waals surface area (Å²) in [6.07, 6.45) is 1.89. The van der Waals surface area contributed by atoms with Crippen molar-refractivity contribution < 1.29 is 0 Å². The van der Waals surface area contributed by atoms with Crippen LogP contribution in [0.5, 0.6) is 0 Å². The zero-order chi connectivity index (χ0) is 15.4. The maximum Gasteiger partial charge on any atom is 0.135 e. The number of aryl methyl sites for hydroxylation is 1. The number of hydrogen-bond donors (Lipinski definition) is 2. The lowest BCUT2D eigenvalue weighted by atomic mass is 10.2. The Bertz CT molecular complexity index is 602. The Balaban J connectivity index is 2.16. The fourth-order valence-electron chi connectivity index (χ4n) is 1.99. The Morgan fingerprint density at radius 2 is 1.86 bits per heavy atom. The largest absolute Gasteiger partial charge is 0.370 e. The Morgan fingerprint density at radius 3 is 2.38 bits per heavy atom. The molecule has 0 amide bonds. The van der Waals surface area contributed by atoms with Gasteiger partial charge in [0, 0.05) is 43.4 Å². The van der Waals surface area contributed by atoms with Gasteiger partial charge in [0.1, 0.15) is 17.5 Å². The van der Waals surface area contributed by atoms with Gasteiger partial charge in [-0.15, -0.1) is 0 Å². The predicted octanol–water partition coefficient (Wildman–Crippen LogP) is 2.69. The Kier molecular flexibility index (Phi) is 4.77. The van der Waals surface area contributed by atoms with E-state index in [0.29, 0.717) is 12.5 Å². The van der Waals surface area contributed by atoms with Crippen molar-refractivity contribution in [2.24, 2.45) is 7.05 Å². The fraction of sp³-hybridized carbons (Fsp3) is 0.533. The van der Waals surface area contributed by atoms with Crippen LogP contribution in [0, 0.1) is 6.92 Å². The Morgan fingerprint density at radius 1 is 1.19 bits per heavy atom. The first-order valence-corrected chi connectivity index (χ1v) is 7.35. The average molecular weight is 288 g/mol. The number of rotatable bonds is 6. The first-order valence-electron chi connectivity index (χ1n) is 7.35. The molecule has 0 saturated carbocycles. The molecule has 6 heteroatoms. The van der Waals surface area contributed by atoms with Crippen molar-refractivity contribution in [2.75, 3.05) is 17.2 Å². The van der Waals surface area contributed by atoms with E-state index in [0.717, 1.165) is 29.7 Å². The Hall–Kier alpha value is -2.11. The van der Waals surface area contributed by atoms with E-state index >= 15 is 0 Å². The molecule has 21 heavy (non-hydrogen) atoms. The van der Waals surface area contributed by atoms with E-state index in [9.17, 15) is 0 Å². The van der Waals surface area contributed by atoms with Crippen LogP contribution in [0.15, 0.2) is 12.3 Å². The predicted molar refractivity (Wildman–Crippen MR) is 85.6 cm³/mol. The van der Waals surface area contributed by atoms with Crippen molar-refractivity contribution >= 4 is 11.6 Å². The molecule has 0 aliphatic heterocycles. The molecule has 2 aromatic rings. The third-order valence-corrected chi connectivity index (χ3v) is 3.41. The standard InChI is InChI=1S/C15H24N6/c1-6-16-13-7-14(20-15(19-13)10(2)3)17-8-12-9-18-21(5)11(12)4/h7,9-10H,6,8H2,1-5H3,(H2,16,17,19,20). The van der Waals surface area contributed by atoms with Crippen LogP contribution in [0.4, 0.5) is 11.6 Å². The SMILES string of the molecule is CCNc1cc(NCc2cnn(C)c2C)nc(C(C)C)n1. The lowest BCUT2D eigenvalue weighted by Gasteiger charge is -2.12. The van der Waals surface area contributed by atoms with Crippen molar-refractivity contribution in [1.82, 2.24) is 19.7 Å². The summed E-state index contributed by atoms with van der Waals surface area (Å²) in [6.45, 7) is 9.87. The molecule has 0 spiro atoms. The number of anilines is 2. The smallest absolute Gasteiger partial charge is 0.135 e. The molecule has 0 saturated heterocycles. The third-order valence-electron chi connectivity index (χ3n) is 3.41. The van der Waals surface area contributed by atoms with Crippen molar-refractivity contribution in [3.63, 3.8) is 0 Å². The molecule has 114 valence electrons. The molecule has 2 heterocycles. The summed E-state index contributed by atoms with van der Waals surface area (Å²) in [5.74, 6) is 2.85. The maximum absolute atomic E-state index is 4.58. The molecule has 2 aromatic heterocycles. The normalized spacial score (nSPS) is 11.0.